The Kier molecular flexibility index (Phi) is 13.0. The van der Waals surface area contributed by atoms with Gasteiger partial charge in [-0.3, -0.25) is 0 Å². The number of para-hydroxylation sites is 2. The average molecular weight is 1020 g/mol. The van der Waals surface area contributed by atoms with Crippen LogP contribution in [0.1, 0.15) is 62.8 Å². The topological polar surface area (TPSA) is 21.7 Å². The smallest absolute Gasteiger partial charge is 0.210 e. The molecule has 0 amide bonds. The van der Waals surface area contributed by atoms with Gasteiger partial charge in [-0.25, -0.2) is 0 Å². The molecule has 7 heteroatoms. The summed E-state index contributed by atoms with van der Waals surface area (Å²) in [6, 6.07) is 61.9. The average Bonchev–Trinajstić information content (AvgIpc) is 4.15. The standard InChI is InChI=1S/C68H64N4OS2/c1-7-43-71-55-23-13-15-25-59(55)74-63(71)29-17-27-61-67(3,65-53-21-11-9-19-49(53)35-41-57(65)69(61)5)45-47-31-37-51(38-32-47)73-52-39-33-48(34-40-52)46-68(4)62(70(6)58-42-36-50-20-10-12-22-54(50)66(58)68)28-18-30-64-72(44-8-2)56-24-14-16-26-60(56)75-64/h9-42H,7-8,43-46H2,1-6H3/q+2. The number of hydrogen-bond donors (Lipinski definition) is 0. The van der Waals surface area contributed by atoms with Crippen LogP contribution in [0.4, 0.5) is 22.7 Å². The zero-order valence-corrected chi connectivity index (χ0v) is 45.5. The van der Waals surface area contributed by atoms with Crippen LogP contribution in [0.5, 0.6) is 11.5 Å². The molecule has 0 fully saturated rings. The number of ether oxygens (including phenoxy) is 1. The number of nitrogens with zero attached hydrogens (tertiary/aromatic N) is 4. The van der Waals surface area contributed by atoms with E-state index in [1.165, 1.54) is 97.8 Å². The Balaban J connectivity index is 0.794. The molecule has 8 aromatic rings. The van der Waals surface area contributed by atoms with Crippen LogP contribution >= 0.6 is 23.5 Å². The molecule has 5 nitrogen and oxygen atoms in total. The summed E-state index contributed by atoms with van der Waals surface area (Å²) in [7, 11) is 4.46. The Morgan fingerprint density at radius 2 is 0.880 bits per heavy atom. The van der Waals surface area contributed by atoms with Gasteiger partial charge in [0.05, 0.1) is 32.3 Å². The van der Waals surface area contributed by atoms with Gasteiger partial charge in [-0.05, 0) is 145 Å². The molecule has 0 aliphatic carbocycles. The summed E-state index contributed by atoms with van der Waals surface area (Å²) in [5.41, 5.74) is 12.4. The first kappa shape index (κ1) is 48.6. The minimum Gasteiger partial charge on any atom is -0.457 e. The second-order valence-corrected chi connectivity index (χ2v) is 23.0. The maximum atomic E-state index is 6.61. The molecule has 0 radical (unpaired) electrons. The third-order valence-corrected chi connectivity index (χ3v) is 18.1. The Bertz CT molecular complexity index is 3490. The van der Waals surface area contributed by atoms with Crippen molar-refractivity contribution in [3.63, 3.8) is 0 Å². The Morgan fingerprint density at radius 3 is 1.31 bits per heavy atom. The first-order chi connectivity index (χ1) is 36.6. The van der Waals surface area contributed by atoms with Crippen molar-refractivity contribution < 1.29 is 13.9 Å². The first-order valence-corrected chi connectivity index (χ1v) is 28.3. The minimum absolute atomic E-state index is 0.285. The lowest BCUT2D eigenvalue weighted by Crippen LogP contribution is -2.33. The van der Waals surface area contributed by atoms with Gasteiger partial charge in [-0.15, -0.1) is 0 Å². The van der Waals surface area contributed by atoms with Crippen LogP contribution in [-0.4, -0.2) is 47.8 Å². The summed E-state index contributed by atoms with van der Waals surface area (Å²) in [6.07, 6.45) is 17.7. The van der Waals surface area contributed by atoms with Crippen molar-refractivity contribution in [1.82, 2.24) is 0 Å². The number of rotatable bonds is 14. The van der Waals surface area contributed by atoms with Crippen LogP contribution < -0.4 is 14.5 Å². The van der Waals surface area contributed by atoms with E-state index in [0.29, 0.717) is 0 Å². The summed E-state index contributed by atoms with van der Waals surface area (Å²) in [6.45, 7) is 11.4. The Morgan fingerprint density at radius 1 is 0.480 bits per heavy atom. The quantitative estimate of drug-likeness (QED) is 0.101. The summed E-state index contributed by atoms with van der Waals surface area (Å²) in [4.78, 5) is 7.57. The lowest BCUT2D eigenvalue weighted by Gasteiger charge is -2.24. The van der Waals surface area contributed by atoms with E-state index < -0.39 is 0 Å². The van der Waals surface area contributed by atoms with Gasteiger partial charge >= 0.3 is 0 Å². The van der Waals surface area contributed by atoms with Gasteiger partial charge in [-0.1, -0.05) is 147 Å². The second kappa shape index (κ2) is 20.1. The number of allylic oxidation sites excluding steroid dienone is 6. The van der Waals surface area contributed by atoms with E-state index >= 15 is 0 Å². The molecule has 0 saturated carbocycles. The van der Waals surface area contributed by atoms with Crippen molar-refractivity contribution in [1.29, 1.82) is 0 Å². The molecule has 12 rings (SSSR count). The van der Waals surface area contributed by atoms with E-state index in [0.717, 1.165) is 50.3 Å². The normalized spacial score (nSPS) is 20.0. The Hall–Kier alpha value is -7.32. The highest BCUT2D eigenvalue weighted by atomic mass is 32.2. The summed E-state index contributed by atoms with van der Waals surface area (Å²) < 4.78 is 11.4. The van der Waals surface area contributed by atoms with E-state index in [1.54, 1.807) is 0 Å². The van der Waals surface area contributed by atoms with E-state index in [1.807, 2.05) is 23.5 Å². The van der Waals surface area contributed by atoms with Gasteiger partial charge in [-0.2, -0.15) is 9.15 Å². The molecule has 4 aliphatic rings. The molecular weight excluding hydrogens is 953 g/mol. The molecule has 2 unspecified atom stereocenters. The minimum atomic E-state index is -0.285. The van der Waals surface area contributed by atoms with Crippen molar-refractivity contribution in [2.75, 3.05) is 37.0 Å². The van der Waals surface area contributed by atoms with E-state index in [9.17, 15) is 0 Å². The van der Waals surface area contributed by atoms with Crippen LogP contribution in [0.15, 0.2) is 226 Å². The molecule has 372 valence electrons. The third-order valence-electron chi connectivity index (χ3n) is 15.8. The summed E-state index contributed by atoms with van der Waals surface area (Å²) >= 11 is 3.73. The maximum absolute atomic E-state index is 6.61. The largest absolute Gasteiger partial charge is 0.457 e. The number of benzene rings is 8. The fourth-order valence-electron chi connectivity index (χ4n) is 12.5. The number of hydrogen-bond acceptors (Lipinski definition) is 5. The van der Waals surface area contributed by atoms with Crippen molar-refractivity contribution in [2.24, 2.45) is 0 Å². The predicted molar refractivity (Wildman–Crippen MR) is 319 cm³/mol. The Labute approximate surface area is 451 Å². The molecule has 0 N–H and O–H groups in total. The van der Waals surface area contributed by atoms with Crippen LogP contribution in [0.25, 0.3) is 21.5 Å². The maximum Gasteiger partial charge on any atom is 0.210 e. The molecule has 75 heavy (non-hydrogen) atoms. The van der Waals surface area contributed by atoms with Crippen molar-refractivity contribution in [3.8, 4) is 11.5 Å². The SMILES string of the molecule is CCCN1/C(=C/C=C/C2=[N+](C)c3ccc4ccccc4c3C2(C)Cc2ccc(Oc3ccc(CC4(C)C(/C=C/C=C5\Sc6ccccc6N5CCC)=[N+](C)c5ccc6ccccc6c54)cc3)cc2)Sc2ccccc21. The van der Waals surface area contributed by atoms with Gasteiger partial charge < -0.3 is 14.5 Å². The van der Waals surface area contributed by atoms with Gasteiger partial charge in [0.1, 0.15) is 25.6 Å². The summed E-state index contributed by atoms with van der Waals surface area (Å²) in [5, 5.41) is 7.70. The third kappa shape index (κ3) is 8.74. The molecule has 0 saturated heterocycles. The highest BCUT2D eigenvalue weighted by molar-refractivity contribution is 8.04. The zero-order valence-electron chi connectivity index (χ0n) is 43.9. The summed E-state index contributed by atoms with van der Waals surface area (Å²) in [5.74, 6) is 1.66. The highest BCUT2D eigenvalue weighted by Gasteiger charge is 2.49. The highest BCUT2D eigenvalue weighted by Crippen LogP contribution is 2.50. The van der Waals surface area contributed by atoms with Gasteiger partial charge in [0.15, 0.2) is 11.4 Å². The van der Waals surface area contributed by atoms with E-state index in [2.05, 4.69) is 267 Å². The molecule has 4 heterocycles. The second-order valence-electron chi connectivity index (χ2n) is 20.8. The zero-order chi connectivity index (χ0) is 51.3. The lowest BCUT2D eigenvalue weighted by atomic mass is 9.73. The first-order valence-electron chi connectivity index (χ1n) is 26.6. The lowest BCUT2D eigenvalue weighted by molar-refractivity contribution is -0.401. The van der Waals surface area contributed by atoms with Crippen LogP contribution in [0, 0.1) is 0 Å². The van der Waals surface area contributed by atoms with Crippen molar-refractivity contribution in [3.05, 3.63) is 239 Å². The monoisotopic (exact) mass is 1020 g/mol. The van der Waals surface area contributed by atoms with Gasteiger partial charge in [0.2, 0.25) is 11.4 Å². The molecule has 0 bridgehead atoms. The molecule has 8 aromatic carbocycles. The van der Waals surface area contributed by atoms with E-state index in [-0.39, 0.29) is 10.8 Å². The van der Waals surface area contributed by atoms with Crippen LogP contribution in [0.2, 0.25) is 0 Å². The van der Waals surface area contributed by atoms with E-state index in [4.69, 9.17) is 4.74 Å². The molecule has 4 aliphatic heterocycles. The fourth-order valence-corrected chi connectivity index (χ4v) is 14.7. The van der Waals surface area contributed by atoms with Crippen molar-refractivity contribution in [2.45, 2.75) is 74.0 Å². The predicted octanol–water partition coefficient (Wildman–Crippen LogP) is 17.1. The molecule has 0 spiro atoms. The van der Waals surface area contributed by atoms with Crippen molar-refractivity contribution >= 4 is 79.2 Å². The van der Waals surface area contributed by atoms with Crippen LogP contribution in [-0.2, 0) is 23.7 Å². The number of anilines is 2. The fraction of sp³-hybridized carbons (Fsp3) is 0.206. The molecular formula is C68H64N4OS2+2. The van der Waals surface area contributed by atoms with Gasteiger partial charge in [0.25, 0.3) is 0 Å². The molecule has 0 aromatic heterocycles. The number of fused-ring (bicyclic) bond motifs is 8. The van der Waals surface area contributed by atoms with Gasteiger partial charge in [0, 0.05) is 58.3 Å². The molecule has 2 atom stereocenters. The number of thioether (sulfide) groups is 2. The van der Waals surface area contributed by atoms with Crippen LogP contribution in [0.3, 0.4) is 0 Å².